The largest absolute Gasteiger partial charge is 0.395 e. The van der Waals surface area contributed by atoms with Crippen molar-refractivity contribution in [1.82, 2.24) is 0 Å². The maximum absolute atomic E-state index is 11.5. The molecule has 2 rings (SSSR count). The smallest absolute Gasteiger partial charge is 0.257 e. The summed E-state index contributed by atoms with van der Waals surface area (Å²) in [5.41, 5.74) is 2.09. The number of amides is 1. The lowest BCUT2D eigenvalue weighted by atomic mass is 10.1. The Morgan fingerprint density at radius 1 is 1.47 bits per heavy atom. The average molecular weight is 329 g/mol. The van der Waals surface area contributed by atoms with Crippen molar-refractivity contribution in [3.8, 4) is 0 Å². The summed E-state index contributed by atoms with van der Waals surface area (Å²) < 4.78 is 0.795. The highest BCUT2D eigenvalue weighted by atomic mass is 79.9. The molecule has 5 nitrogen and oxygen atoms in total. The van der Waals surface area contributed by atoms with E-state index in [1.54, 1.807) is 6.07 Å². The maximum atomic E-state index is 11.5. The standard InChI is InChI=1S/C13H17BrN2O3/c1-7(2)16(3-4-17)11-6-10-8(5-9(11)14)12(18)13(19)15-10/h5-7,12,17-18H,3-4H2,1-2H3,(H,15,19). The number of aliphatic hydroxyl groups is 2. The zero-order valence-corrected chi connectivity index (χ0v) is 12.4. The van der Waals surface area contributed by atoms with Gasteiger partial charge in [0.15, 0.2) is 6.10 Å². The van der Waals surface area contributed by atoms with Gasteiger partial charge in [0.1, 0.15) is 0 Å². The quantitative estimate of drug-likeness (QED) is 0.785. The Bertz CT molecular complexity index is 505. The summed E-state index contributed by atoms with van der Waals surface area (Å²) in [6, 6.07) is 3.78. The van der Waals surface area contributed by atoms with Gasteiger partial charge >= 0.3 is 0 Å². The Morgan fingerprint density at radius 3 is 2.74 bits per heavy atom. The number of rotatable bonds is 4. The topological polar surface area (TPSA) is 72.8 Å². The Morgan fingerprint density at radius 2 is 2.16 bits per heavy atom. The molecule has 0 radical (unpaired) electrons. The predicted molar refractivity (Wildman–Crippen MR) is 77.3 cm³/mol. The van der Waals surface area contributed by atoms with Gasteiger partial charge in [0.2, 0.25) is 0 Å². The number of nitrogens with zero attached hydrogens (tertiary/aromatic N) is 1. The van der Waals surface area contributed by atoms with Crippen molar-refractivity contribution in [2.24, 2.45) is 0 Å². The van der Waals surface area contributed by atoms with Crippen LogP contribution in [0.3, 0.4) is 0 Å². The fourth-order valence-electron chi connectivity index (χ4n) is 2.24. The van der Waals surface area contributed by atoms with E-state index in [0.29, 0.717) is 17.8 Å². The van der Waals surface area contributed by atoms with Gasteiger partial charge < -0.3 is 20.4 Å². The number of nitrogens with one attached hydrogen (secondary N) is 1. The third kappa shape index (κ3) is 2.61. The summed E-state index contributed by atoms with van der Waals surface area (Å²) in [4.78, 5) is 13.5. The summed E-state index contributed by atoms with van der Waals surface area (Å²) in [6.07, 6.45) is -1.11. The zero-order chi connectivity index (χ0) is 14.2. The number of hydrogen-bond donors (Lipinski definition) is 3. The van der Waals surface area contributed by atoms with Crippen LogP contribution in [0.25, 0.3) is 0 Å². The fraction of sp³-hybridized carbons (Fsp3) is 0.462. The summed E-state index contributed by atoms with van der Waals surface area (Å²) in [6.45, 7) is 4.62. The van der Waals surface area contributed by atoms with Gasteiger partial charge in [-0.2, -0.15) is 0 Å². The monoisotopic (exact) mass is 328 g/mol. The average Bonchev–Trinajstić information content (AvgIpc) is 2.62. The molecular weight excluding hydrogens is 312 g/mol. The number of hydrogen-bond acceptors (Lipinski definition) is 4. The van der Waals surface area contributed by atoms with Crippen LogP contribution in [0.15, 0.2) is 16.6 Å². The number of carbonyl (C=O) groups excluding carboxylic acids is 1. The molecule has 0 aromatic heterocycles. The first kappa shape index (κ1) is 14.3. The van der Waals surface area contributed by atoms with Crippen LogP contribution in [0, 0.1) is 0 Å². The minimum atomic E-state index is -1.11. The van der Waals surface area contributed by atoms with Gasteiger partial charge in [-0.15, -0.1) is 0 Å². The van der Waals surface area contributed by atoms with Crippen molar-refractivity contribution < 1.29 is 15.0 Å². The number of benzene rings is 1. The Kier molecular flexibility index (Phi) is 4.13. The Hall–Kier alpha value is -1.11. The predicted octanol–water partition coefficient (Wildman–Crippen LogP) is 1.64. The second-order valence-electron chi connectivity index (χ2n) is 4.79. The molecule has 1 amide bonds. The third-order valence-corrected chi connectivity index (χ3v) is 3.83. The summed E-state index contributed by atoms with van der Waals surface area (Å²) >= 11 is 3.46. The van der Waals surface area contributed by atoms with E-state index in [4.69, 9.17) is 5.11 Å². The lowest BCUT2D eigenvalue weighted by Gasteiger charge is -2.29. The maximum Gasteiger partial charge on any atom is 0.257 e. The van der Waals surface area contributed by atoms with Gasteiger partial charge in [-0.25, -0.2) is 0 Å². The molecule has 0 saturated heterocycles. The summed E-state index contributed by atoms with van der Waals surface area (Å²) in [5, 5.41) is 21.5. The molecule has 0 bridgehead atoms. The van der Waals surface area contributed by atoms with Crippen LogP contribution >= 0.6 is 15.9 Å². The van der Waals surface area contributed by atoms with Crippen LogP contribution in [0.5, 0.6) is 0 Å². The molecule has 19 heavy (non-hydrogen) atoms. The first-order chi connectivity index (χ1) is 8.95. The lowest BCUT2D eigenvalue weighted by Crippen LogP contribution is -2.33. The van der Waals surface area contributed by atoms with Crippen molar-refractivity contribution in [2.45, 2.75) is 26.0 Å². The SMILES string of the molecule is CC(C)N(CCO)c1cc2c(cc1Br)C(O)C(=O)N2. The van der Waals surface area contributed by atoms with Gasteiger partial charge in [0, 0.05) is 28.3 Å². The molecule has 0 fully saturated rings. The second-order valence-corrected chi connectivity index (χ2v) is 5.65. The lowest BCUT2D eigenvalue weighted by molar-refractivity contribution is -0.123. The molecule has 1 aromatic rings. The molecule has 1 aliphatic rings. The number of halogens is 1. The molecule has 0 saturated carbocycles. The molecule has 1 atom stereocenters. The fourth-order valence-corrected chi connectivity index (χ4v) is 2.83. The number of fused-ring (bicyclic) bond motifs is 1. The van der Waals surface area contributed by atoms with E-state index in [-0.39, 0.29) is 12.6 Å². The zero-order valence-electron chi connectivity index (χ0n) is 10.9. The van der Waals surface area contributed by atoms with Crippen LogP contribution in [0.1, 0.15) is 25.5 Å². The molecular formula is C13H17BrN2O3. The van der Waals surface area contributed by atoms with Crippen LogP contribution in [0.2, 0.25) is 0 Å². The van der Waals surface area contributed by atoms with Crippen molar-refractivity contribution in [1.29, 1.82) is 0 Å². The molecule has 1 aromatic carbocycles. The third-order valence-electron chi connectivity index (χ3n) is 3.19. The molecule has 6 heteroatoms. The summed E-state index contributed by atoms with van der Waals surface area (Å²) in [7, 11) is 0. The minimum absolute atomic E-state index is 0.0523. The number of anilines is 2. The van der Waals surface area contributed by atoms with E-state index in [1.807, 2.05) is 24.8 Å². The molecule has 0 spiro atoms. The molecule has 1 unspecified atom stereocenters. The first-order valence-corrected chi connectivity index (χ1v) is 6.95. The van der Waals surface area contributed by atoms with Gasteiger partial charge in [-0.3, -0.25) is 4.79 Å². The molecule has 1 aliphatic heterocycles. The van der Waals surface area contributed by atoms with E-state index >= 15 is 0 Å². The molecule has 3 N–H and O–H groups in total. The highest BCUT2D eigenvalue weighted by Crippen LogP contribution is 2.39. The van der Waals surface area contributed by atoms with Crippen molar-refractivity contribution in [3.05, 3.63) is 22.2 Å². The van der Waals surface area contributed by atoms with Crippen LogP contribution in [-0.2, 0) is 4.79 Å². The normalized spacial score (nSPS) is 17.6. The number of carbonyl (C=O) groups is 1. The van der Waals surface area contributed by atoms with Crippen LogP contribution < -0.4 is 10.2 Å². The minimum Gasteiger partial charge on any atom is -0.395 e. The molecule has 0 aliphatic carbocycles. The van der Waals surface area contributed by atoms with E-state index < -0.39 is 12.0 Å². The van der Waals surface area contributed by atoms with E-state index in [2.05, 4.69) is 21.2 Å². The van der Waals surface area contributed by atoms with Crippen molar-refractivity contribution >= 4 is 33.2 Å². The van der Waals surface area contributed by atoms with E-state index in [9.17, 15) is 9.90 Å². The van der Waals surface area contributed by atoms with Crippen LogP contribution in [-0.4, -0.2) is 35.3 Å². The van der Waals surface area contributed by atoms with Gasteiger partial charge in [-0.05, 0) is 41.9 Å². The first-order valence-electron chi connectivity index (χ1n) is 6.15. The van der Waals surface area contributed by atoms with Gasteiger partial charge in [-0.1, -0.05) is 0 Å². The second kappa shape index (κ2) is 5.48. The van der Waals surface area contributed by atoms with Crippen molar-refractivity contribution in [2.75, 3.05) is 23.4 Å². The van der Waals surface area contributed by atoms with E-state index in [1.165, 1.54) is 0 Å². The van der Waals surface area contributed by atoms with Gasteiger partial charge in [0.05, 0.1) is 12.3 Å². The summed E-state index contributed by atoms with van der Waals surface area (Å²) in [5.74, 6) is -0.405. The highest BCUT2D eigenvalue weighted by molar-refractivity contribution is 9.10. The van der Waals surface area contributed by atoms with Crippen molar-refractivity contribution in [3.63, 3.8) is 0 Å². The Labute approximate surface area is 120 Å². The van der Waals surface area contributed by atoms with Crippen LogP contribution in [0.4, 0.5) is 11.4 Å². The van der Waals surface area contributed by atoms with E-state index in [0.717, 1.165) is 10.2 Å². The highest BCUT2D eigenvalue weighted by Gasteiger charge is 2.30. The number of aliphatic hydroxyl groups excluding tert-OH is 2. The molecule has 104 valence electrons. The Balaban J connectivity index is 2.43. The van der Waals surface area contributed by atoms with Gasteiger partial charge in [0.25, 0.3) is 5.91 Å². The molecule has 1 heterocycles.